The highest BCUT2D eigenvalue weighted by atomic mass is 35.5. The topological polar surface area (TPSA) is 46.3 Å². The van der Waals surface area contributed by atoms with E-state index in [0.29, 0.717) is 23.7 Å². The fourth-order valence-corrected chi connectivity index (χ4v) is 2.15. The molecule has 4 heteroatoms. The number of hydrogen-bond donors (Lipinski definition) is 1. The molecule has 0 unspecified atom stereocenters. The van der Waals surface area contributed by atoms with Gasteiger partial charge in [-0.2, -0.15) is 0 Å². The summed E-state index contributed by atoms with van der Waals surface area (Å²) in [6.07, 6.45) is 0. The van der Waals surface area contributed by atoms with E-state index in [0.717, 1.165) is 11.1 Å². The Kier molecular flexibility index (Phi) is 4.77. The van der Waals surface area contributed by atoms with Crippen LogP contribution in [0.15, 0.2) is 48.5 Å². The van der Waals surface area contributed by atoms with E-state index in [4.69, 9.17) is 17.3 Å². The Morgan fingerprint density at radius 3 is 2.40 bits per heavy atom. The van der Waals surface area contributed by atoms with Gasteiger partial charge < -0.3 is 10.6 Å². The minimum absolute atomic E-state index is 0.0338. The van der Waals surface area contributed by atoms with Gasteiger partial charge in [0.15, 0.2) is 0 Å². The molecule has 1 amide bonds. The Morgan fingerprint density at radius 1 is 1.15 bits per heavy atom. The second-order valence-electron chi connectivity index (χ2n) is 4.65. The molecular formula is C16H17ClN2O. The predicted octanol–water partition coefficient (Wildman–Crippen LogP) is 3.07. The summed E-state index contributed by atoms with van der Waals surface area (Å²) in [7, 11) is 1.77. The normalized spacial score (nSPS) is 10.3. The lowest BCUT2D eigenvalue weighted by molar-refractivity contribution is 0.0785. The quantitative estimate of drug-likeness (QED) is 0.940. The van der Waals surface area contributed by atoms with E-state index in [-0.39, 0.29) is 5.91 Å². The fraction of sp³-hybridized carbons (Fsp3) is 0.188. The van der Waals surface area contributed by atoms with Crippen LogP contribution in [0.1, 0.15) is 21.5 Å². The van der Waals surface area contributed by atoms with E-state index < -0.39 is 0 Å². The maximum atomic E-state index is 12.3. The standard InChI is InChI=1S/C16H17ClN2O/c1-19(11-14-4-2-3-5-15(14)17)16(20)13-8-6-12(10-18)7-9-13/h2-9H,10-11,18H2,1H3. The summed E-state index contributed by atoms with van der Waals surface area (Å²) < 4.78 is 0. The van der Waals surface area contributed by atoms with Crippen LogP contribution in [0.2, 0.25) is 5.02 Å². The van der Waals surface area contributed by atoms with Crippen molar-refractivity contribution in [1.29, 1.82) is 0 Å². The van der Waals surface area contributed by atoms with Crippen molar-refractivity contribution >= 4 is 17.5 Å². The minimum atomic E-state index is -0.0338. The molecule has 104 valence electrons. The van der Waals surface area contributed by atoms with Gasteiger partial charge in [-0.05, 0) is 29.3 Å². The second-order valence-corrected chi connectivity index (χ2v) is 5.06. The number of nitrogens with two attached hydrogens (primary N) is 1. The molecule has 0 saturated carbocycles. The molecule has 0 fully saturated rings. The molecule has 2 aromatic carbocycles. The summed E-state index contributed by atoms with van der Waals surface area (Å²) in [5.41, 5.74) is 8.14. The van der Waals surface area contributed by atoms with Gasteiger partial charge in [-0.1, -0.05) is 41.9 Å². The van der Waals surface area contributed by atoms with Crippen molar-refractivity contribution in [3.05, 3.63) is 70.2 Å². The number of carbonyl (C=O) groups excluding carboxylic acids is 1. The third kappa shape index (κ3) is 3.38. The fourth-order valence-electron chi connectivity index (χ4n) is 1.96. The Bertz CT molecular complexity index is 596. The van der Waals surface area contributed by atoms with Crippen LogP contribution < -0.4 is 5.73 Å². The highest BCUT2D eigenvalue weighted by Crippen LogP contribution is 2.17. The molecule has 0 aromatic heterocycles. The molecular weight excluding hydrogens is 272 g/mol. The molecule has 0 heterocycles. The Morgan fingerprint density at radius 2 is 1.80 bits per heavy atom. The Hall–Kier alpha value is -1.84. The molecule has 2 N–H and O–H groups in total. The van der Waals surface area contributed by atoms with Crippen LogP contribution in [0.5, 0.6) is 0 Å². The molecule has 20 heavy (non-hydrogen) atoms. The summed E-state index contributed by atoms with van der Waals surface area (Å²) in [6.45, 7) is 0.959. The largest absolute Gasteiger partial charge is 0.337 e. The third-order valence-corrected chi connectivity index (χ3v) is 3.52. The molecule has 0 aliphatic heterocycles. The van der Waals surface area contributed by atoms with E-state index in [9.17, 15) is 4.79 Å². The van der Waals surface area contributed by atoms with Gasteiger partial charge in [0.05, 0.1) is 0 Å². The molecule has 0 saturated heterocycles. The zero-order valence-corrected chi connectivity index (χ0v) is 12.1. The maximum absolute atomic E-state index is 12.3. The van der Waals surface area contributed by atoms with Crippen molar-refractivity contribution in [2.45, 2.75) is 13.1 Å². The summed E-state index contributed by atoms with van der Waals surface area (Å²) >= 11 is 6.11. The lowest BCUT2D eigenvalue weighted by Gasteiger charge is -2.18. The van der Waals surface area contributed by atoms with Crippen molar-refractivity contribution in [2.75, 3.05) is 7.05 Å². The molecule has 2 rings (SSSR count). The predicted molar refractivity (Wildman–Crippen MR) is 81.6 cm³/mol. The first kappa shape index (κ1) is 14.6. The molecule has 0 aliphatic rings. The SMILES string of the molecule is CN(Cc1ccccc1Cl)C(=O)c1ccc(CN)cc1. The first-order valence-electron chi connectivity index (χ1n) is 6.39. The van der Waals surface area contributed by atoms with Crippen LogP contribution in [0.25, 0.3) is 0 Å². The first-order valence-corrected chi connectivity index (χ1v) is 6.77. The highest BCUT2D eigenvalue weighted by Gasteiger charge is 2.13. The van der Waals surface area contributed by atoms with Crippen molar-refractivity contribution in [3.8, 4) is 0 Å². The summed E-state index contributed by atoms with van der Waals surface area (Å²) in [4.78, 5) is 14.0. The number of nitrogens with zero attached hydrogens (tertiary/aromatic N) is 1. The number of rotatable bonds is 4. The van der Waals surface area contributed by atoms with E-state index in [1.165, 1.54) is 0 Å². The van der Waals surface area contributed by atoms with Crippen LogP contribution in [0.4, 0.5) is 0 Å². The van der Waals surface area contributed by atoms with Gasteiger partial charge in [0, 0.05) is 30.7 Å². The van der Waals surface area contributed by atoms with Crippen LogP contribution in [0.3, 0.4) is 0 Å². The van der Waals surface area contributed by atoms with Gasteiger partial charge in [-0.15, -0.1) is 0 Å². The van der Waals surface area contributed by atoms with Crippen molar-refractivity contribution in [2.24, 2.45) is 5.73 Å². The van der Waals surface area contributed by atoms with E-state index in [2.05, 4.69) is 0 Å². The monoisotopic (exact) mass is 288 g/mol. The van der Waals surface area contributed by atoms with Crippen molar-refractivity contribution in [3.63, 3.8) is 0 Å². The Balaban J connectivity index is 2.10. The molecule has 0 spiro atoms. The zero-order chi connectivity index (χ0) is 14.5. The van der Waals surface area contributed by atoms with Gasteiger partial charge in [0.2, 0.25) is 0 Å². The number of carbonyl (C=O) groups is 1. The van der Waals surface area contributed by atoms with E-state index in [1.54, 1.807) is 24.1 Å². The van der Waals surface area contributed by atoms with E-state index >= 15 is 0 Å². The van der Waals surface area contributed by atoms with E-state index in [1.807, 2.05) is 36.4 Å². The maximum Gasteiger partial charge on any atom is 0.253 e. The van der Waals surface area contributed by atoms with Crippen LogP contribution in [0, 0.1) is 0 Å². The van der Waals surface area contributed by atoms with Gasteiger partial charge in [-0.3, -0.25) is 4.79 Å². The summed E-state index contributed by atoms with van der Waals surface area (Å²) in [5.74, 6) is -0.0338. The molecule has 3 nitrogen and oxygen atoms in total. The third-order valence-electron chi connectivity index (χ3n) is 3.15. The lowest BCUT2D eigenvalue weighted by Crippen LogP contribution is -2.26. The van der Waals surface area contributed by atoms with Crippen LogP contribution in [-0.4, -0.2) is 17.9 Å². The van der Waals surface area contributed by atoms with Crippen molar-refractivity contribution < 1.29 is 4.79 Å². The number of halogens is 1. The van der Waals surface area contributed by atoms with Gasteiger partial charge in [-0.25, -0.2) is 0 Å². The minimum Gasteiger partial charge on any atom is -0.337 e. The lowest BCUT2D eigenvalue weighted by atomic mass is 10.1. The van der Waals surface area contributed by atoms with Gasteiger partial charge in [0.1, 0.15) is 0 Å². The number of hydrogen-bond acceptors (Lipinski definition) is 2. The van der Waals surface area contributed by atoms with Gasteiger partial charge >= 0.3 is 0 Å². The van der Waals surface area contributed by atoms with Crippen LogP contribution >= 0.6 is 11.6 Å². The summed E-state index contributed by atoms with van der Waals surface area (Å²) in [6, 6.07) is 14.9. The average molecular weight is 289 g/mol. The molecule has 2 aromatic rings. The molecule has 0 radical (unpaired) electrons. The smallest absolute Gasteiger partial charge is 0.253 e. The van der Waals surface area contributed by atoms with Gasteiger partial charge in [0.25, 0.3) is 5.91 Å². The molecule has 0 atom stereocenters. The summed E-state index contributed by atoms with van der Waals surface area (Å²) in [5, 5.41) is 0.672. The first-order chi connectivity index (χ1) is 9.61. The average Bonchev–Trinajstić information content (AvgIpc) is 2.49. The zero-order valence-electron chi connectivity index (χ0n) is 11.3. The second kappa shape index (κ2) is 6.55. The Labute approximate surface area is 124 Å². The number of amides is 1. The van der Waals surface area contributed by atoms with Crippen molar-refractivity contribution in [1.82, 2.24) is 4.90 Å². The highest BCUT2D eigenvalue weighted by molar-refractivity contribution is 6.31. The number of benzene rings is 2. The van der Waals surface area contributed by atoms with Crippen LogP contribution in [-0.2, 0) is 13.1 Å². The molecule has 0 bridgehead atoms. The molecule has 0 aliphatic carbocycles.